The summed E-state index contributed by atoms with van der Waals surface area (Å²) in [6.07, 6.45) is 3.16. The van der Waals surface area contributed by atoms with Crippen LogP contribution in [0.1, 0.15) is 92.1 Å². The van der Waals surface area contributed by atoms with Crippen LogP contribution in [0, 0.1) is 11.8 Å². The standard InChI is InChI=1S/C32H50N4O6/c1-7-8-10-15-24-19-28(37)34-26(18-23-13-11-9-12-14-23)31(40)35-25(16-20(2)3)30(39)33-22(6)29(38)36-27(17-21(4)5)32(41)42-24/h9,11-14,20-22,24-27H,7-8,10,15-19H2,1-6H3,(H,33,39)(H,34,37)(H,35,40)(H,36,38)/t22-,24?,25-,26?,27?/m1/s1. The molecule has 1 aromatic rings. The number of carbonyl (C=O) groups excluding carboxylic acids is 5. The number of ether oxygens (including phenoxy) is 1. The average molecular weight is 587 g/mol. The van der Waals surface area contributed by atoms with E-state index in [0.717, 1.165) is 24.8 Å². The summed E-state index contributed by atoms with van der Waals surface area (Å²) in [5.41, 5.74) is 0.838. The van der Waals surface area contributed by atoms with Crippen molar-refractivity contribution in [2.45, 2.75) is 123 Å². The van der Waals surface area contributed by atoms with Gasteiger partial charge in [0.2, 0.25) is 23.6 Å². The maximum Gasteiger partial charge on any atom is 0.328 e. The second-order valence-corrected chi connectivity index (χ2v) is 12.2. The largest absolute Gasteiger partial charge is 0.460 e. The first-order valence-electron chi connectivity index (χ1n) is 15.3. The molecule has 0 aliphatic carbocycles. The lowest BCUT2D eigenvalue weighted by molar-refractivity contribution is -0.155. The van der Waals surface area contributed by atoms with Crippen molar-refractivity contribution in [3.63, 3.8) is 0 Å². The van der Waals surface area contributed by atoms with Gasteiger partial charge < -0.3 is 26.0 Å². The van der Waals surface area contributed by atoms with Crippen LogP contribution < -0.4 is 21.3 Å². The Labute approximate surface area is 250 Å². The number of cyclic esters (lactones) is 1. The number of esters is 1. The fourth-order valence-corrected chi connectivity index (χ4v) is 4.93. The molecule has 10 nitrogen and oxygen atoms in total. The van der Waals surface area contributed by atoms with Crippen molar-refractivity contribution >= 4 is 29.6 Å². The van der Waals surface area contributed by atoms with Crippen LogP contribution in [0.4, 0.5) is 0 Å². The van der Waals surface area contributed by atoms with E-state index >= 15 is 0 Å². The zero-order valence-electron chi connectivity index (χ0n) is 26.0. The molecule has 1 aliphatic rings. The Bertz CT molecular complexity index is 1040. The maximum absolute atomic E-state index is 13.6. The summed E-state index contributed by atoms with van der Waals surface area (Å²) in [5, 5.41) is 11.1. The van der Waals surface area contributed by atoms with E-state index in [-0.39, 0.29) is 24.7 Å². The summed E-state index contributed by atoms with van der Waals surface area (Å²) in [5.74, 6) is -2.47. The molecule has 4 amide bonds. The van der Waals surface area contributed by atoms with Crippen LogP contribution in [0.3, 0.4) is 0 Å². The first-order chi connectivity index (χ1) is 19.9. The molecule has 4 N–H and O–H groups in total. The molecule has 42 heavy (non-hydrogen) atoms. The van der Waals surface area contributed by atoms with E-state index in [1.807, 2.05) is 58.0 Å². The number of benzene rings is 1. The molecule has 0 radical (unpaired) electrons. The molecule has 0 bridgehead atoms. The van der Waals surface area contributed by atoms with Gasteiger partial charge in [-0.2, -0.15) is 0 Å². The van der Waals surface area contributed by atoms with E-state index < -0.39 is 59.9 Å². The molecule has 2 rings (SSSR count). The number of hydrogen-bond acceptors (Lipinski definition) is 6. The summed E-state index contributed by atoms with van der Waals surface area (Å²) in [4.78, 5) is 66.6. The van der Waals surface area contributed by atoms with E-state index in [1.165, 1.54) is 6.92 Å². The van der Waals surface area contributed by atoms with Gasteiger partial charge in [0.15, 0.2) is 0 Å². The number of amides is 4. The molecule has 1 aliphatic heterocycles. The fraction of sp³-hybridized carbons (Fsp3) is 0.656. The summed E-state index contributed by atoms with van der Waals surface area (Å²) < 4.78 is 5.83. The van der Waals surface area contributed by atoms with Crippen LogP contribution in [0.15, 0.2) is 30.3 Å². The van der Waals surface area contributed by atoms with Crippen molar-refractivity contribution in [1.29, 1.82) is 0 Å². The Morgan fingerprint density at radius 2 is 1.36 bits per heavy atom. The van der Waals surface area contributed by atoms with Gasteiger partial charge in [-0.1, -0.05) is 77.8 Å². The van der Waals surface area contributed by atoms with Crippen LogP contribution in [0.2, 0.25) is 0 Å². The average Bonchev–Trinajstić information content (AvgIpc) is 2.91. The van der Waals surface area contributed by atoms with Gasteiger partial charge >= 0.3 is 5.97 Å². The van der Waals surface area contributed by atoms with Gasteiger partial charge in [-0.3, -0.25) is 19.2 Å². The van der Waals surface area contributed by atoms with Crippen molar-refractivity contribution in [2.24, 2.45) is 11.8 Å². The van der Waals surface area contributed by atoms with Crippen molar-refractivity contribution in [3.05, 3.63) is 35.9 Å². The van der Waals surface area contributed by atoms with Crippen LogP contribution in [0.25, 0.3) is 0 Å². The van der Waals surface area contributed by atoms with Crippen molar-refractivity contribution < 1.29 is 28.7 Å². The maximum atomic E-state index is 13.6. The zero-order chi connectivity index (χ0) is 31.2. The van der Waals surface area contributed by atoms with E-state index in [0.29, 0.717) is 19.3 Å². The highest BCUT2D eigenvalue weighted by Gasteiger charge is 2.33. The molecule has 0 saturated carbocycles. The van der Waals surface area contributed by atoms with Crippen molar-refractivity contribution in [2.75, 3.05) is 0 Å². The van der Waals surface area contributed by atoms with Gasteiger partial charge in [0.1, 0.15) is 30.3 Å². The third kappa shape index (κ3) is 12.2. The van der Waals surface area contributed by atoms with Gasteiger partial charge in [-0.25, -0.2) is 4.79 Å². The van der Waals surface area contributed by atoms with Gasteiger partial charge in [0.25, 0.3) is 0 Å². The van der Waals surface area contributed by atoms with E-state index in [1.54, 1.807) is 0 Å². The Balaban J connectivity index is 2.45. The van der Waals surface area contributed by atoms with Gasteiger partial charge in [0, 0.05) is 6.42 Å². The molecule has 1 heterocycles. The van der Waals surface area contributed by atoms with E-state index in [2.05, 4.69) is 28.2 Å². The molecular formula is C32H50N4O6. The summed E-state index contributed by atoms with van der Waals surface area (Å²) in [6.45, 7) is 11.3. The van der Waals surface area contributed by atoms with Crippen LogP contribution >= 0.6 is 0 Å². The van der Waals surface area contributed by atoms with Crippen molar-refractivity contribution in [1.82, 2.24) is 21.3 Å². The number of hydrogen-bond donors (Lipinski definition) is 4. The Kier molecular flexibility index (Phi) is 14.5. The fourth-order valence-electron chi connectivity index (χ4n) is 4.93. The minimum absolute atomic E-state index is 0.0621. The monoisotopic (exact) mass is 586 g/mol. The minimum Gasteiger partial charge on any atom is -0.460 e. The van der Waals surface area contributed by atoms with E-state index in [4.69, 9.17) is 4.74 Å². The normalized spacial score (nSPS) is 25.0. The van der Waals surface area contributed by atoms with Gasteiger partial charge in [-0.15, -0.1) is 0 Å². The Hall–Kier alpha value is -3.43. The molecule has 0 spiro atoms. The van der Waals surface area contributed by atoms with E-state index in [9.17, 15) is 24.0 Å². The highest BCUT2D eigenvalue weighted by Crippen LogP contribution is 2.16. The number of carbonyl (C=O) groups is 5. The first kappa shape index (κ1) is 34.8. The Morgan fingerprint density at radius 3 is 1.98 bits per heavy atom. The molecule has 234 valence electrons. The summed E-state index contributed by atoms with van der Waals surface area (Å²) in [6, 6.07) is 5.51. The highest BCUT2D eigenvalue weighted by molar-refractivity contribution is 5.95. The van der Waals surface area contributed by atoms with Crippen LogP contribution in [-0.2, 0) is 35.1 Å². The lowest BCUT2D eigenvalue weighted by Crippen LogP contribution is -2.58. The molecule has 1 fully saturated rings. The molecule has 5 atom stereocenters. The van der Waals surface area contributed by atoms with Crippen LogP contribution in [-0.4, -0.2) is 59.9 Å². The molecule has 10 heteroatoms. The predicted molar refractivity (Wildman–Crippen MR) is 161 cm³/mol. The molecular weight excluding hydrogens is 536 g/mol. The third-order valence-electron chi connectivity index (χ3n) is 7.16. The topological polar surface area (TPSA) is 143 Å². The second kappa shape index (κ2) is 17.5. The van der Waals surface area contributed by atoms with Gasteiger partial charge in [0.05, 0.1) is 6.42 Å². The lowest BCUT2D eigenvalue weighted by atomic mass is 10.00. The zero-order valence-corrected chi connectivity index (χ0v) is 26.0. The molecule has 1 aromatic carbocycles. The third-order valence-corrected chi connectivity index (χ3v) is 7.16. The predicted octanol–water partition coefficient (Wildman–Crippen LogP) is 3.18. The first-order valence-corrected chi connectivity index (χ1v) is 15.3. The minimum atomic E-state index is -0.961. The van der Waals surface area contributed by atoms with Crippen molar-refractivity contribution in [3.8, 4) is 0 Å². The second-order valence-electron chi connectivity index (χ2n) is 12.2. The SMILES string of the molecule is CCCCCC1CC(=O)NC(Cc2ccccc2)C(=O)N[C@H](CC(C)C)C(=O)N[C@H](C)C(=O)NC(CC(C)C)C(=O)O1. The smallest absolute Gasteiger partial charge is 0.328 e. The molecule has 0 aromatic heterocycles. The number of nitrogens with one attached hydrogen (secondary N) is 4. The lowest BCUT2D eigenvalue weighted by Gasteiger charge is -2.28. The van der Waals surface area contributed by atoms with Crippen LogP contribution in [0.5, 0.6) is 0 Å². The quantitative estimate of drug-likeness (QED) is 0.245. The number of rotatable bonds is 10. The highest BCUT2D eigenvalue weighted by atomic mass is 16.5. The molecule has 1 saturated heterocycles. The Morgan fingerprint density at radius 1 is 0.762 bits per heavy atom. The molecule has 3 unspecified atom stereocenters. The summed E-state index contributed by atoms with van der Waals surface area (Å²) >= 11 is 0. The number of unbranched alkanes of at least 4 members (excludes halogenated alkanes) is 2. The summed E-state index contributed by atoms with van der Waals surface area (Å²) in [7, 11) is 0. The van der Waals surface area contributed by atoms with Gasteiger partial charge in [-0.05, 0) is 50.0 Å².